The average Bonchev–Trinajstić information content (AvgIpc) is 3.66. The SMILES string of the molecule is CC12CCC(c3cnc(-n4nc(Nc5ccc(N6CCC(N7CCCC7)CC6)c(F)c5)nc4N)nc31)C2(C)C. The Bertz CT molecular complexity index is 1400. The fraction of sp³-hybridized carbons (Fsp3) is 0.586. The van der Waals surface area contributed by atoms with E-state index >= 15 is 4.39 Å². The number of hydrogen-bond donors (Lipinski definition) is 2. The minimum absolute atomic E-state index is 0.00380. The van der Waals surface area contributed by atoms with Gasteiger partial charge in [-0.05, 0) is 86.7 Å². The Balaban J connectivity index is 1.06. The van der Waals surface area contributed by atoms with Crippen LogP contribution in [-0.2, 0) is 5.41 Å². The predicted molar refractivity (Wildman–Crippen MR) is 150 cm³/mol. The number of likely N-dealkylation sites (tertiary alicyclic amines) is 1. The molecule has 2 unspecified atom stereocenters. The molecule has 206 valence electrons. The van der Waals surface area contributed by atoms with Crippen LogP contribution in [0.1, 0.15) is 76.5 Å². The van der Waals surface area contributed by atoms with Gasteiger partial charge in [0.2, 0.25) is 11.9 Å². The van der Waals surface area contributed by atoms with E-state index in [0.717, 1.165) is 38.0 Å². The van der Waals surface area contributed by atoms with Crippen molar-refractivity contribution in [2.75, 3.05) is 42.1 Å². The smallest absolute Gasteiger partial charge is 0.254 e. The Kier molecular flexibility index (Phi) is 5.63. The molecule has 10 heteroatoms. The highest BCUT2D eigenvalue weighted by Crippen LogP contribution is 2.67. The maximum Gasteiger partial charge on any atom is 0.254 e. The Morgan fingerprint density at radius 3 is 2.54 bits per heavy atom. The van der Waals surface area contributed by atoms with E-state index in [1.54, 1.807) is 0 Å². The third-order valence-electron chi connectivity index (χ3n) is 10.4. The van der Waals surface area contributed by atoms with Gasteiger partial charge in [-0.3, -0.25) is 0 Å². The maximum absolute atomic E-state index is 15.2. The number of rotatable bonds is 5. The first-order valence-electron chi connectivity index (χ1n) is 14.4. The lowest BCUT2D eigenvalue weighted by Gasteiger charge is -2.37. The van der Waals surface area contributed by atoms with Crippen LogP contribution in [0.15, 0.2) is 24.4 Å². The van der Waals surface area contributed by atoms with Crippen molar-refractivity contribution in [3.05, 3.63) is 41.5 Å². The van der Waals surface area contributed by atoms with Crippen molar-refractivity contribution in [3.8, 4) is 5.95 Å². The van der Waals surface area contributed by atoms with E-state index in [0.29, 0.717) is 29.3 Å². The fourth-order valence-corrected chi connectivity index (χ4v) is 7.72. The largest absolute Gasteiger partial charge is 0.369 e. The van der Waals surface area contributed by atoms with Crippen molar-refractivity contribution >= 4 is 23.3 Å². The topological polar surface area (TPSA) is 101 Å². The molecule has 2 aliphatic carbocycles. The van der Waals surface area contributed by atoms with Crippen LogP contribution in [-0.4, -0.2) is 61.9 Å². The first-order chi connectivity index (χ1) is 18.7. The third-order valence-corrected chi connectivity index (χ3v) is 10.4. The zero-order chi connectivity index (χ0) is 26.9. The molecule has 9 nitrogen and oxygen atoms in total. The molecular formula is C29H38FN9. The highest BCUT2D eigenvalue weighted by atomic mass is 19.1. The van der Waals surface area contributed by atoms with Gasteiger partial charge in [-0.1, -0.05) is 20.8 Å². The second-order valence-corrected chi connectivity index (χ2v) is 12.6. The van der Waals surface area contributed by atoms with Crippen LogP contribution in [0, 0.1) is 11.2 Å². The molecule has 0 radical (unpaired) electrons. The number of nitrogens with zero attached hydrogens (tertiary/aromatic N) is 7. The van der Waals surface area contributed by atoms with Gasteiger partial charge in [0.05, 0.1) is 11.4 Å². The molecule has 0 amide bonds. The zero-order valence-electron chi connectivity index (χ0n) is 23.1. The number of benzene rings is 1. The third kappa shape index (κ3) is 3.82. The summed E-state index contributed by atoms with van der Waals surface area (Å²) in [5.41, 5.74) is 9.93. The number of nitrogen functional groups attached to an aromatic ring is 1. The average molecular weight is 532 g/mol. The first-order valence-corrected chi connectivity index (χ1v) is 14.4. The molecule has 3 N–H and O–H groups in total. The van der Waals surface area contributed by atoms with Gasteiger partial charge >= 0.3 is 0 Å². The van der Waals surface area contributed by atoms with Crippen LogP contribution < -0.4 is 16.0 Å². The van der Waals surface area contributed by atoms with E-state index in [4.69, 9.17) is 10.7 Å². The van der Waals surface area contributed by atoms with Gasteiger partial charge in [-0.25, -0.2) is 14.4 Å². The standard InChI is InChI=1S/C29H38FN9/c1-28(2)21-8-11-29(28,3)24-20(21)17-32-27(34-24)39-25(31)35-26(36-39)33-18-6-7-23(22(30)16-18)38-14-9-19(10-15-38)37-12-4-5-13-37/h6-7,16-17,19,21H,4-5,8-15H2,1-3H3,(H3,31,33,35,36). The molecule has 2 saturated heterocycles. The molecule has 7 rings (SSSR count). The molecule has 39 heavy (non-hydrogen) atoms. The summed E-state index contributed by atoms with van der Waals surface area (Å²) in [7, 11) is 0. The summed E-state index contributed by atoms with van der Waals surface area (Å²) >= 11 is 0. The van der Waals surface area contributed by atoms with Crippen LogP contribution in [0.2, 0.25) is 0 Å². The Morgan fingerprint density at radius 2 is 1.79 bits per heavy atom. The lowest BCUT2D eigenvalue weighted by molar-refractivity contribution is 0.207. The van der Waals surface area contributed by atoms with E-state index < -0.39 is 0 Å². The minimum Gasteiger partial charge on any atom is -0.369 e. The number of anilines is 4. The molecular weight excluding hydrogens is 493 g/mol. The minimum atomic E-state index is -0.250. The van der Waals surface area contributed by atoms with Gasteiger partial charge in [-0.15, -0.1) is 5.10 Å². The molecule has 2 aromatic heterocycles. The van der Waals surface area contributed by atoms with E-state index in [2.05, 4.69) is 51.0 Å². The zero-order valence-corrected chi connectivity index (χ0v) is 23.1. The summed E-state index contributed by atoms with van der Waals surface area (Å²) in [4.78, 5) is 18.7. The van der Waals surface area contributed by atoms with Gasteiger partial charge in [-0.2, -0.15) is 9.67 Å². The number of nitrogens with one attached hydrogen (secondary N) is 1. The molecule has 3 fully saturated rings. The molecule has 1 saturated carbocycles. The molecule has 2 aliphatic heterocycles. The normalized spacial score (nSPS) is 26.4. The maximum atomic E-state index is 15.2. The summed E-state index contributed by atoms with van der Waals surface area (Å²) in [6, 6.07) is 5.85. The Labute approximate surface area is 229 Å². The number of halogens is 1. The van der Waals surface area contributed by atoms with Gasteiger partial charge in [0.1, 0.15) is 5.82 Å². The summed E-state index contributed by atoms with van der Waals surface area (Å²) in [6.07, 6.45) is 9.01. The second kappa shape index (κ2) is 8.87. The molecule has 3 aromatic rings. The summed E-state index contributed by atoms with van der Waals surface area (Å²) in [6.45, 7) is 11.2. The molecule has 0 spiro atoms. The number of hydrogen-bond acceptors (Lipinski definition) is 8. The number of nitrogens with two attached hydrogens (primary N) is 1. The van der Waals surface area contributed by atoms with Crippen LogP contribution in [0.3, 0.4) is 0 Å². The van der Waals surface area contributed by atoms with Crippen molar-refractivity contribution in [2.45, 2.75) is 76.7 Å². The van der Waals surface area contributed by atoms with Gasteiger partial charge in [0.25, 0.3) is 5.95 Å². The summed E-state index contributed by atoms with van der Waals surface area (Å²) in [5, 5.41) is 7.62. The number of piperidine rings is 1. The molecule has 1 aromatic carbocycles. The highest BCUT2D eigenvalue weighted by molar-refractivity contribution is 5.61. The second-order valence-electron chi connectivity index (χ2n) is 12.6. The van der Waals surface area contributed by atoms with Crippen molar-refractivity contribution in [3.63, 3.8) is 0 Å². The van der Waals surface area contributed by atoms with Crippen LogP contribution >= 0.6 is 0 Å². The predicted octanol–water partition coefficient (Wildman–Crippen LogP) is 4.76. The van der Waals surface area contributed by atoms with Gasteiger partial charge in [0, 0.05) is 36.4 Å². The lowest BCUT2D eigenvalue weighted by Crippen LogP contribution is -2.44. The molecule has 2 bridgehead atoms. The van der Waals surface area contributed by atoms with Gasteiger partial charge < -0.3 is 20.9 Å². The summed E-state index contributed by atoms with van der Waals surface area (Å²) in [5.74, 6) is 1.10. The monoisotopic (exact) mass is 531 g/mol. The Morgan fingerprint density at radius 1 is 1.03 bits per heavy atom. The van der Waals surface area contributed by atoms with E-state index in [-0.39, 0.29) is 28.5 Å². The van der Waals surface area contributed by atoms with Crippen molar-refractivity contribution in [1.29, 1.82) is 0 Å². The van der Waals surface area contributed by atoms with Crippen molar-refractivity contribution in [1.82, 2.24) is 29.6 Å². The van der Waals surface area contributed by atoms with Crippen LogP contribution in [0.4, 0.5) is 27.7 Å². The molecule has 4 aliphatic rings. The highest BCUT2D eigenvalue weighted by Gasteiger charge is 2.60. The van der Waals surface area contributed by atoms with E-state index in [1.165, 1.54) is 48.7 Å². The number of aromatic nitrogens is 5. The number of fused-ring (bicyclic) bond motifs is 5. The van der Waals surface area contributed by atoms with Crippen LogP contribution in [0.25, 0.3) is 5.95 Å². The van der Waals surface area contributed by atoms with Crippen LogP contribution in [0.5, 0.6) is 0 Å². The van der Waals surface area contributed by atoms with Crippen molar-refractivity contribution in [2.24, 2.45) is 5.41 Å². The van der Waals surface area contributed by atoms with Crippen molar-refractivity contribution < 1.29 is 4.39 Å². The molecule has 4 heterocycles. The first kappa shape index (κ1) is 24.7. The van der Waals surface area contributed by atoms with E-state index in [9.17, 15) is 0 Å². The van der Waals surface area contributed by atoms with Gasteiger partial charge in [0.15, 0.2) is 0 Å². The van der Waals surface area contributed by atoms with E-state index in [1.807, 2.05) is 18.3 Å². The molecule has 2 atom stereocenters. The summed E-state index contributed by atoms with van der Waals surface area (Å²) < 4.78 is 16.7. The Hall–Kier alpha value is -3.27. The quantitative estimate of drug-likeness (QED) is 0.486. The fourth-order valence-electron chi connectivity index (χ4n) is 7.72. The lowest BCUT2D eigenvalue weighted by atomic mass is 9.70.